The molecule has 1 fully saturated rings. The van der Waals surface area contributed by atoms with Gasteiger partial charge in [0.15, 0.2) is 0 Å². The second-order valence-corrected chi connectivity index (χ2v) is 6.88. The average Bonchev–Trinajstić information content (AvgIpc) is 2.85. The number of aryl methyl sites for hydroxylation is 1. The van der Waals surface area contributed by atoms with E-state index in [0.717, 1.165) is 49.4 Å². The Hall–Kier alpha value is -1.32. The van der Waals surface area contributed by atoms with E-state index in [4.69, 9.17) is 0 Å². The second-order valence-electron chi connectivity index (χ2n) is 6.88. The van der Waals surface area contributed by atoms with Crippen LogP contribution in [0.2, 0.25) is 0 Å². The van der Waals surface area contributed by atoms with E-state index in [-0.39, 0.29) is 0 Å². The predicted octanol–water partition coefficient (Wildman–Crippen LogP) is 3.48. The van der Waals surface area contributed by atoms with Gasteiger partial charge >= 0.3 is 0 Å². The zero-order chi connectivity index (χ0) is 14.8. The lowest BCUT2D eigenvalue weighted by molar-refractivity contribution is 0.263. The summed E-state index contributed by atoms with van der Waals surface area (Å²) in [6, 6.07) is 2.09. The molecule has 1 aliphatic heterocycles. The van der Waals surface area contributed by atoms with Gasteiger partial charge in [0, 0.05) is 25.7 Å². The molecule has 1 aromatic rings. The molecule has 0 aromatic carbocycles. The van der Waals surface area contributed by atoms with Crippen molar-refractivity contribution in [3.63, 3.8) is 0 Å². The van der Waals surface area contributed by atoms with Crippen LogP contribution in [0.3, 0.4) is 0 Å². The molecule has 2 heterocycles. The Kier molecular flexibility index (Phi) is 4.51. The minimum absolute atomic E-state index is 0.375. The van der Waals surface area contributed by atoms with Crippen LogP contribution in [0, 0.1) is 18.3 Å². The fourth-order valence-electron chi connectivity index (χ4n) is 2.73. The Morgan fingerprint density at radius 3 is 2.70 bits per heavy atom. The summed E-state index contributed by atoms with van der Waals surface area (Å²) in [5.41, 5.74) is 0.375. The van der Waals surface area contributed by atoms with Crippen LogP contribution in [0.25, 0.3) is 0 Å². The zero-order valence-corrected chi connectivity index (χ0v) is 13.5. The van der Waals surface area contributed by atoms with Crippen molar-refractivity contribution in [1.82, 2.24) is 9.97 Å². The zero-order valence-electron chi connectivity index (χ0n) is 13.5. The highest BCUT2D eigenvalue weighted by Crippen LogP contribution is 2.35. The van der Waals surface area contributed by atoms with E-state index in [1.807, 2.05) is 6.92 Å². The van der Waals surface area contributed by atoms with Crippen molar-refractivity contribution in [2.24, 2.45) is 11.3 Å². The highest BCUT2D eigenvalue weighted by molar-refractivity contribution is 5.50. The maximum atomic E-state index is 4.62. The third-order valence-electron chi connectivity index (χ3n) is 4.12. The van der Waals surface area contributed by atoms with Gasteiger partial charge in [-0.25, -0.2) is 9.97 Å². The molecule has 1 atom stereocenters. The summed E-state index contributed by atoms with van der Waals surface area (Å²) in [5.74, 6) is 3.61. The first-order chi connectivity index (χ1) is 9.40. The van der Waals surface area contributed by atoms with Crippen LogP contribution in [0.5, 0.6) is 0 Å². The van der Waals surface area contributed by atoms with Gasteiger partial charge in [0.2, 0.25) is 0 Å². The summed E-state index contributed by atoms with van der Waals surface area (Å²) in [6.45, 7) is 14.3. The smallest absolute Gasteiger partial charge is 0.134 e. The third kappa shape index (κ3) is 3.62. The molecule has 112 valence electrons. The van der Waals surface area contributed by atoms with E-state index < -0.39 is 0 Å². The molecule has 0 amide bonds. The molecule has 0 spiro atoms. The first kappa shape index (κ1) is 15.1. The number of hydrogen-bond acceptors (Lipinski definition) is 4. The highest BCUT2D eigenvalue weighted by Gasteiger charge is 2.32. The molecule has 1 unspecified atom stereocenters. The van der Waals surface area contributed by atoms with Gasteiger partial charge in [-0.3, -0.25) is 0 Å². The lowest BCUT2D eigenvalue weighted by Gasteiger charge is -2.27. The van der Waals surface area contributed by atoms with Crippen molar-refractivity contribution in [1.29, 1.82) is 0 Å². The van der Waals surface area contributed by atoms with Gasteiger partial charge < -0.3 is 10.2 Å². The second kappa shape index (κ2) is 5.98. The maximum Gasteiger partial charge on any atom is 0.134 e. The monoisotopic (exact) mass is 276 g/mol. The number of rotatable bonds is 4. The molecule has 0 saturated carbocycles. The summed E-state index contributed by atoms with van der Waals surface area (Å²) < 4.78 is 0. The lowest BCUT2D eigenvalue weighted by atomic mass is 9.80. The average molecular weight is 276 g/mol. The summed E-state index contributed by atoms with van der Waals surface area (Å²) >= 11 is 0. The van der Waals surface area contributed by atoms with Gasteiger partial charge in [-0.2, -0.15) is 0 Å². The number of anilines is 2. The molecular weight excluding hydrogens is 248 g/mol. The molecule has 4 nitrogen and oxygen atoms in total. The van der Waals surface area contributed by atoms with Gasteiger partial charge in [-0.1, -0.05) is 27.7 Å². The van der Waals surface area contributed by atoms with Crippen LogP contribution in [0.1, 0.15) is 46.4 Å². The quantitative estimate of drug-likeness (QED) is 0.914. The number of nitrogens with zero attached hydrogens (tertiary/aromatic N) is 3. The van der Waals surface area contributed by atoms with Gasteiger partial charge in [0.05, 0.1) is 0 Å². The Labute approximate surface area is 123 Å². The van der Waals surface area contributed by atoms with Gasteiger partial charge in [-0.15, -0.1) is 0 Å². The van der Waals surface area contributed by atoms with E-state index in [1.165, 1.54) is 6.42 Å². The Morgan fingerprint density at radius 1 is 1.35 bits per heavy atom. The third-order valence-corrected chi connectivity index (χ3v) is 4.12. The van der Waals surface area contributed by atoms with Gasteiger partial charge in [-0.05, 0) is 31.1 Å². The summed E-state index contributed by atoms with van der Waals surface area (Å²) in [5, 5.41) is 3.36. The molecule has 1 aromatic heterocycles. The molecular formula is C16H28N4. The molecule has 0 bridgehead atoms. The fourth-order valence-corrected chi connectivity index (χ4v) is 2.73. The van der Waals surface area contributed by atoms with Crippen LogP contribution in [-0.4, -0.2) is 29.6 Å². The highest BCUT2D eigenvalue weighted by atomic mass is 15.2. The first-order valence-electron chi connectivity index (χ1n) is 7.74. The topological polar surface area (TPSA) is 41.0 Å². The predicted molar refractivity (Wildman–Crippen MR) is 85.3 cm³/mol. The molecule has 20 heavy (non-hydrogen) atoms. The Morgan fingerprint density at radius 2 is 2.10 bits per heavy atom. The lowest BCUT2D eigenvalue weighted by Crippen LogP contribution is -2.26. The number of aromatic nitrogens is 2. The van der Waals surface area contributed by atoms with Crippen molar-refractivity contribution in [2.75, 3.05) is 29.9 Å². The largest absolute Gasteiger partial charge is 0.370 e. The van der Waals surface area contributed by atoms with Crippen molar-refractivity contribution < 1.29 is 0 Å². The van der Waals surface area contributed by atoms with Crippen LogP contribution in [0.4, 0.5) is 11.6 Å². The molecule has 4 heteroatoms. The van der Waals surface area contributed by atoms with Crippen LogP contribution in [-0.2, 0) is 0 Å². The first-order valence-corrected chi connectivity index (χ1v) is 7.74. The normalized spacial score (nSPS) is 19.4. The van der Waals surface area contributed by atoms with Crippen molar-refractivity contribution in [2.45, 2.75) is 47.5 Å². The fraction of sp³-hybridized carbons (Fsp3) is 0.750. The summed E-state index contributed by atoms with van der Waals surface area (Å²) in [6.07, 6.45) is 2.36. The minimum Gasteiger partial charge on any atom is -0.370 e. The Bertz CT molecular complexity index is 450. The minimum atomic E-state index is 0.375. The molecule has 1 N–H and O–H groups in total. The van der Waals surface area contributed by atoms with E-state index in [9.17, 15) is 0 Å². The van der Waals surface area contributed by atoms with E-state index in [0.29, 0.717) is 5.41 Å². The Balaban J connectivity index is 2.11. The number of nitrogens with one attached hydrogen (secondary N) is 1. The van der Waals surface area contributed by atoms with Crippen LogP contribution >= 0.6 is 0 Å². The summed E-state index contributed by atoms with van der Waals surface area (Å²) in [7, 11) is 0. The van der Waals surface area contributed by atoms with Gasteiger partial charge in [0.1, 0.15) is 17.5 Å². The molecule has 1 aliphatic rings. The van der Waals surface area contributed by atoms with Crippen molar-refractivity contribution in [3.05, 3.63) is 11.9 Å². The standard InChI is InChI=1S/C16H28N4/c1-6-8-17-14-10-15(19-12(2)18-14)20-9-7-13(11-20)16(3,4)5/h10,13H,6-9,11H2,1-5H3,(H,17,18,19). The number of hydrogen-bond donors (Lipinski definition) is 1. The molecule has 0 aliphatic carbocycles. The van der Waals surface area contributed by atoms with Gasteiger partial charge in [0.25, 0.3) is 0 Å². The van der Waals surface area contributed by atoms with E-state index in [2.05, 4.69) is 53.9 Å². The maximum absolute atomic E-state index is 4.62. The van der Waals surface area contributed by atoms with E-state index in [1.54, 1.807) is 0 Å². The SMILES string of the molecule is CCCNc1cc(N2CCC(C(C)(C)C)C2)nc(C)n1. The molecule has 0 radical (unpaired) electrons. The summed E-state index contributed by atoms with van der Waals surface area (Å²) in [4.78, 5) is 11.5. The van der Waals surface area contributed by atoms with E-state index >= 15 is 0 Å². The van der Waals surface area contributed by atoms with Crippen LogP contribution in [0.15, 0.2) is 6.07 Å². The van der Waals surface area contributed by atoms with Crippen LogP contribution < -0.4 is 10.2 Å². The molecule has 2 rings (SSSR count). The molecule has 1 saturated heterocycles. The van der Waals surface area contributed by atoms with Crippen molar-refractivity contribution >= 4 is 11.6 Å². The van der Waals surface area contributed by atoms with Crippen molar-refractivity contribution in [3.8, 4) is 0 Å².